The molecule has 0 spiro atoms. The number of aryl methyl sites for hydroxylation is 2. The van der Waals surface area contributed by atoms with Crippen LogP contribution in [0.25, 0.3) is 22.6 Å². The molecule has 43 heavy (non-hydrogen) atoms. The van der Waals surface area contributed by atoms with Gasteiger partial charge in [0.1, 0.15) is 29.8 Å². The van der Waals surface area contributed by atoms with Gasteiger partial charge in [-0.05, 0) is 76.3 Å². The van der Waals surface area contributed by atoms with E-state index in [9.17, 15) is 5.11 Å². The number of anilines is 2. The van der Waals surface area contributed by atoms with Crippen molar-refractivity contribution >= 4 is 23.2 Å². The summed E-state index contributed by atoms with van der Waals surface area (Å²) in [6, 6.07) is 9.80. The average molecular weight is 603 g/mol. The van der Waals surface area contributed by atoms with E-state index < -0.39 is 6.10 Å². The minimum absolute atomic E-state index is 0.206. The van der Waals surface area contributed by atoms with Crippen LogP contribution in [0.5, 0.6) is 5.75 Å². The molecule has 0 amide bonds. The fraction of sp³-hybridized carbons (Fsp3) is 0.455. The number of fused-ring (bicyclic) bond motifs is 1. The molecule has 0 aliphatic carbocycles. The highest BCUT2D eigenvalue weighted by molar-refractivity contribution is 6.33. The maximum Gasteiger partial charge on any atom is 0.163 e. The molecule has 0 unspecified atom stereocenters. The summed E-state index contributed by atoms with van der Waals surface area (Å²) < 4.78 is 11.5. The second-order valence-electron chi connectivity index (χ2n) is 11.6. The maximum atomic E-state index is 10.2. The van der Waals surface area contributed by atoms with Crippen molar-refractivity contribution in [3.8, 4) is 28.4 Å². The van der Waals surface area contributed by atoms with Gasteiger partial charge in [-0.3, -0.25) is 0 Å². The molecule has 226 valence electrons. The van der Waals surface area contributed by atoms with Crippen LogP contribution >= 0.6 is 11.6 Å². The molecule has 0 saturated carbocycles. The second-order valence-corrected chi connectivity index (χ2v) is 12.0. The third-order valence-electron chi connectivity index (χ3n) is 8.37. The van der Waals surface area contributed by atoms with Gasteiger partial charge in [0.25, 0.3) is 0 Å². The summed E-state index contributed by atoms with van der Waals surface area (Å²) in [7, 11) is 0. The van der Waals surface area contributed by atoms with Crippen LogP contribution in [0, 0.1) is 20.8 Å². The lowest BCUT2D eigenvalue weighted by Crippen LogP contribution is -2.30. The van der Waals surface area contributed by atoms with Crippen LogP contribution in [0.3, 0.4) is 0 Å². The fourth-order valence-corrected chi connectivity index (χ4v) is 6.26. The topological polar surface area (TPSA) is 101 Å². The Labute approximate surface area is 257 Å². The van der Waals surface area contributed by atoms with Crippen LogP contribution in [0.4, 0.5) is 11.6 Å². The lowest BCUT2D eigenvalue weighted by Gasteiger charge is -2.28. The number of benzene rings is 1. The van der Waals surface area contributed by atoms with Crippen molar-refractivity contribution < 1.29 is 14.4 Å². The maximum absolute atomic E-state index is 10.2. The van der Waals surface area contributed by atoms with Crippen molar-refractivity contribution in [2.75, 3.05) is 29.5 Å². The zero-order valence-electron chi connectivity index (χ0n) is 25.4. The van der Waals surface area contributed by atoms with Gasteiger partial charge in [-0.25, -0.2) is 15.0 Å². The lowest BCUT2D eigenvalue weighted by atomic mass is 10.0. The van der Waals surface area contributed by atoms with E-state index in [-0.39, 0.29) is 6.61 Å². The highest BCUT2D eigenvalue weighted by Crippen LogP contribution is 2.39. The van der Waals surface area contributed by atoms with Gasteiger partial charge in [0.05, 0.1) is 40.3 Å². The Morgan fingerprint density at radius 2 is 1.81 bits per heavy atom. The fourth-order valence-electron chi connectivity index (χ4n) is 6.06. The van der Waals surface area contributed by atoms with E-state index in [1.807, 2.05) is 33.8 Å². The molecule has 4 aromatic rings. The van der Waals surface area contributed by atoms with E-state index in [4.69, 9.17) is 35.8 Å². The molecule has 1 aromatic carbocycles. The summed E-state index contributed by atoms with van der Waals surface area (Å²) >= 11 is 6.75. The van der Waals surface area contributed by atoms with Gasteiger partial charge < -0.3 is 24.2 Å². The molecular formula is C33H39ClN6O3. The molecule has 3 aromatic heterocycles. The van der Waals surface area contributed by atoms with E-state index in [0.29, 0.717) is 47.4 Å². The van der Waals surface area contributed by atoms with Crippen LogP contribution in [-0.4, -0.2) is 51.0 Å². The standard InChI is InChI=1S/C33H39ClN6O3/c1-5-9-24(41)19-42-25-11-12-27(34)26(16-25)32-36-31(30-21(3)38-43-22(30)4)20(2)33(37-32)40-17-23-10-13-29(35-28(23)18-40)39-14-7-6-8-15-39/h10-13,16,24,41H,5-9,14-15,17-19H2,1-4H3/t24-/m1/s1. The highest BCUT2D eigenvalue weighted by atomic mass is 35.5. The van der Waals surface area contributed by atoms with E-state index in [1.165, 1.54) is 24.8 Å². The Hall–Kier alpha value is -3.69. The number of hydrogen-bond acceptors (Lipinski definition) is 9. The Morgan fingerprint density at radius 3 is 2.56 bits per heavy atom. The SMILES string of the molecule is CCC[C@@H](O)COc1ccc(Cl)c(-c2nc(-c3c(C)noc3C)c(C)c(N3Cc4ccc(N5CCCCC5)nc4C3)n2)c1. The van der Waals surface area contributed by atoms with E-state index >= 15 is 0 Å². The van der Waals surface area contributed by atoms with Crippen molar-refractivity contribution in [2.24, 2.45) is 0 Å². The van der Waals surface area contributed by atoms with Crippen LogP contribution in [0.1, 0.15) is 67.3 Å². The second kappa shape index (κ2) is 12.5. The number of piperidine rings is 1. The van der Waals surface area contributed by atoms with Gasteiger partial charge in [-0.2, -0.15) is 0 Å². The van der Waals surface area contributed by atoms with Crippen molar-refractivity contribution in [3.05, 3.63) is 63.6 Å². The number of nitrogens with zero attached hydrogens (tertiary/aromatic N) is 6. The first-order valence-corrected chi connectivity index (χ1v) is 15.6. The Kier molecular flexibility index (Phi) is 8.54. The molecular weight excluding hydrogens is 564 g/mol. The third kappa shape index (κ3) is 6.06. The first-order valence-electron chi connectivity index (χ1n) is 15.2. The van der Waals surface area contributed by atoms with Gasteiger partial charge in [0.2, 0.25) is 0 Å². The highest BCUT2D eigenvalue weighted by Gasteiger charge is 2.28. The molecule has 6 rings (SSSR count). The Balaban J connectivity index is 1.39. The summed E-state index contributed by atoms with van der Waals surface area (Å²) in [5.41, 5.74) is 6.26. The molecule has 0 radical (unpaired) electrons. The van der Waals surface area contributed by atoms with Crippen LogP contribution in [0.15, 0.2) is 34.9 Å². The number of rotatable bonds is 9. The summed E-state index contributed by atoms with van der Waals surface area (Å²) in [6.07, 6.45) is 4.75. The minimum Gasteiger partial charge on any atom is -0.491 e. The zero-order chi connectivity index (χ0) is 30.1. The van der Waals surface area contributed by atoms with Gasteiger partial charge >= 0.3 is 0 Å². The molecule has 0 bridgehead atoms. The minimum atomic E-state index is -0.529. The monoisotopic (exact) mass is 602 g/mol. The van der Waals surface area contributed by atoms with E-state index in [2.05, 4.69) is 27.1 Å². The molecule has 10 heteroatoms. The predicted octanol–water partition coefficient (Wildman–Crippen LogP) is 6.82. The summed E-state index contributed by atoms with van der Waals surface area (Å²) in [6.45, 7) is 11.6. The van der Waals surface area contributed by atoms with E-state index in [1.54, 1.807) is 12.1 Å². The smallest absolute Gasteiger partial charge is 0.163 e. The zero-order valence-corrected chi connectivity index (χ0v) is 26.1. The van der Waals surface area contributed by atoms with Crippen molar-refractivity contribution in [1.82, 2.24) is 20.1 Å². The molecule has 2 aliphatic rings. The van der Waals surface area contributed by atoms with Crippen molar-refractivity contribution in [2.45, 2.75) is 79.0 Å². The molecule has 1 fully saturated rings. The number of hydrogen-bond donors (Lipinski definition) is 1. The van der Waals surface area contributed by atoms with Crippen LogP contribution < -0.4 is 14.5 Å². The number of halogens is 1. The number of aliphatic hydroxyl groups is 1. The van der Waals surface area contributed by atoms with Gasteiger partial charge in [0.15, 0.2) is 5.82 Å². The average Bonchev–Trinajstić information content (AvgIpc) is 3.59. The molecule has 1 saturated heterocycles. The molecule has 1 N–H and O–H groups in total. The number of aliphatic hydroxyl groups excluding tert-OH is 1. The Bertz CT molecular complexity index is 1600. The summed E-state index contributed by atoms with van der Waals surface area (Å²) in [4.78, 5) is 19.9. The van der Waals surface area contributed by atoms with Crippen LogP contribution in [0.2, 0.25) is 5.02 Å². The third-order valence-corrected chi connectivity index (χ3v) is 8.70. The predicted molar refractivity (Wildman–Crippen MR) is 169 cm³/mol. The number of aromatic nitrogens is 4. The molecule has 2 aliphatic heterocycles. The first-order chi connectivity index (χ1) is 20.8. The van der Waals surface area contributed by atoms with Gasteiger partial charge in [0, 0.05) is 30.8 Å². The van der Waals surface area contributed by atoms with Crippen LogP contribution in [-0.2, 0) is 13.1 Å². The molecule has 9 nitrogen and oxygen atoms in total. The summed E-state index contributed by atoms with van der Waals surface area (Å²) in [5.74, 6) is 3.66. The largest absolute Gasteiger partial charge is 0.491 e. The van der Waals surface area contributed by atoms with Gasteiger partial charge in [-0.15, -0.1) is 0 Å². The number of pyridine rings is 1. The van der Waals surface area contributed by atoms with Gasteiger partial charge in [-0.1, -0.05) is 36.2 Å². The van der Waals surface area contributed by atoms with Crippen molar-refractivity contribution in [3.63, 3.8) is 0 Å². The first kappa shape index (κ1) is 29.4. The van der Waals surface area contributed by atoms with Crippen molar-refractivity contribution in [1.29, 1.82) is 0 Å². The summed E-state index contributed by atoms with van der Waals surface area (Å²) in [5, 5.41) is 14.9. The Morgan fingerprint density at radius 1 is 1.00 bits per heavy atom. The quantitative estimate of drug-likeness (QED) is 0.221. The lowest BCUT2D eigenvalue weighted by molar-refractivity contribution is 0.0994. The molecule has 1 atom stereocenters. The molecule has 5 heterocycles. The normalized spacial score (nSPS) is 15.6. The van der Waals surface area contributed by atoms with E-state index in [0.717, 1.165) is 59.4 Å². The number of ether oxygens (including phenoxy) is 1.